The third kappa shape index (κ3) is 2.15. The van der Waals surface area contributed by atoms with Gasteiger partial charge in [0.25, 0.3) is 5.70 Å². The van der Waals surface area contributed by atoms with Crippen LogP contribution in [0.25, 0.3) is 5.70 Å². The fourth-order valence-corrected chi connectivity index (χ4v) is 4.16. The third-order valence-corrected chi connectivity index (χ3v) is 5.49. The molecule has 0 aromatic heterocycles. The Hall–Kier alpha value is -2.88. The molecule has 1 saturated carbocycles. The van der Waals surface area contributed by atoms with Crippen LogP contribution < -0.4 is 5.11 Å². The summed E-state index contributed by atoms with van der Waals surface area (Å²) in [5.74, 6) is -0.322. The van der Waals surface area contributed by atoms with Crippen molar-refractivity contribution in [2.75, 3.05) is 0 Å². The van der Waals surface area contributed by atoms with Gasteiger partial charge in [-0.2, -0.15) is 0 Å². The molecule has 0 bridgehead atoms. The molecule has 4 heteroatoms. The molecule has 2 heterocycles. The van der Waals surface area contributed by atoms with Crippen molar-refractivity contribution in [2.45, 2.75) is 38.0 Å². The molecule has 26 heavy (non-hydrogen) atoms. The molecule has 1 aliphatic carbocycles. The zero-order chi connectivity index (χ0) is 17.7. The van der Waals surface area contributed by atoms with Gasteiger partial charge in [-0.1, -0.05) is 52.7 Å². The van der Waals surface area contributed by atoms with Crippen molar-refractivity contribution >= 4 is 5.70 Å². The predicted octanol–water partition coefficient (Wildman–Crippen LogP) is 3.82. The number of fused-ring (bicyclic) bond motifs is 2. The van der Waals surface area contributed by atoms with Crippen LogP contribution in [0.4, 0.5) is 0 Å². The maximum absolute atomic E-state index is 12.9. The van der Waals surface area contributed by atoms with E-state index in [0.717, 1.165) is 30.4 Å². The van der Waals surface area contributed by atoms with Crippen molar-refractivity contribution in [3.05, 3.63) is 88.9 Å². The Morgan fingerprint density at radius 2 is 1.88 bits per heavy atom. The van der Waals surface area contributed by atoms with Crippen LogP contribution in [-0.4, -0.2) is 10.7 Å². The molecule has 5 rings (SSSR count). The van der Waals surface area contributed by atoms with Gasteiger partial charge in [0.15, 0.2) is 0 Å². The van der Waals surface area contributed by atoms with E-state index in [-0.39, 0.29) is 12.0 Å². The van der Waals surface area contributed by atoms with E-state index in [4.69, 9.17) is 9.85 Å². The second kappa shape index (κ2) is 5.56. The fourth-order valence-electron chi connectivity index (χ4n) is 4.16. The Bertz CT molecular complexity index is 957. The molecule has 2 aliphatic heterocycles. The summed E-state index contributed by atoms with van der Waals surface area (Å²) in [6.07, 6.45) is 5.32. The molecule has 0 radical (unpaired) electrons. The molecule has 0 amide bonds. The number of hydrogen-bond donors (Lipinski definition) is 0. The van der Waals surface area contributed by atoms with Gasteiger partial charge < -0.3 is 9.84 Å². The molecule has 0 unspecified atom stereocenters. The molecule has 1 fully saturated rings. The standard InChI is InChI=1S/C22H20N2O2/c1-15-10-12-18(13-11-15)22-14-17-8-5-9-19(17)23-24(22)20(21(25)26-22)16-6-3-2-4-7-16/h2-4,6-7,10-14,19H,5,8-9H2,1H3/t19-,22-/m1/s1. The van der Waals surface area contributed by atoms with Gasteiger partial charge in [0.2, 0.25) is 0 Å². The Balaban J connectivity index is 1.71. The minimum atomic E-state index is -0.966. The van der Waals surface area contributed by atoms with Crippen LogP contribution in [0.5, 0.6) is 0 Å². The van der Waals surface area contributed by atoms with Crippen LogP contribution in [0.2, 0.25) is 0 Å². The molecule has 0 N–H and O–H groups in total. The van der Waals surface area contributed by atoms with Crippen LogP contribution >= 0.6 is 0 Å². The third-order valence-electron chi connectivity index (χ3n) is 5.49. The summed E-state index contributed by atoms with van der Waals surface area (Å²) in [5, 5.41) is 17.9. The second-order valence-corrected chi connectivity index (χ2v) is 7.22. The zero-order valence-corrected chi connectivity index (χ0v) is 14.7. The van der Waals surface area contributed by atoms with Gasteiger partial charge in [-0.15, -0.1) is 0 Å². The van der Waals surface area contributed by atoms with Gasteiger partial charge in [0.05, 0.1) is 5.56 Å². The Morgan fingerprint density at radius 3 is 2.65 bits per heavy atom. The van der Waals surface area contributed by atoms with Crippen LogP contribution in [0.1, 0.15) is 36.0 Å². The number of ether oxygens (including phenoxy) is 1. The maximum Gasteiger partial charge on any atom is 0.302 e. The highest BCUT2D eigenvalue weighted by Crippen LogP contribution is 2.48. The van der Waals surface area contributed by atoms with Crippen LogP contribution in [0.3, 0.4) is 0 Å². The van der Waals surface area contributed by atoms with Gasteiger partial charge in [0, 0.05) is 11.6 Å². The quantitative estimate of drug-likeness (QED) is 0.614. The predicted molar refractivity (Wildman–Crippen MR) is 95.7 cm³/mol. The Morgan fingerprint density at radius 1 is 1.12 bits per heavy atom. The number of hydrogen-bond acceptors (Lipinski definition) is 3. The first kappa shape index (κ1) is 15.4. The topological polar surface area (TPSA) is 47.7 Å². The first-order valence-corrected chi connectivity index (χ1v) is 9.13. The summed E-state index contributed by atoms with van der Waals surface area (Å²) in [5.41, 5.74) is 3.78. The van der Waals surface area contributed by atoms with E-state index in [1.807, 2.05) is 47.2 Å². The summed E-state index contributed by atoms with van der Waals surface area (Å²) < 4.78 is 7.86. The van der Waals surface area contributed by atoms with Gasteiger partial charge in [-0.05, 0) is 49.0 Å². The van der Waals surface area contributed by atoms with E-state index in [2.05, 4.69) is 25.1 Å². The summed E-state index contributed by atoms with van der Waals surface area (Å²) in [4.78, 5) is 0. The number of nitrogens with zero attached hydrogens (tertiary/aromatic N) is 2. The van der Waals surface area contributed by atoms with Crippen molar-refractivity contribution in [3.8, 4) is 0 Å². The minimum absolute atomic E-state index is 0.154. The van der Waals surface area contributed by atoms with Gasteiger partial charge >= 0.3 is 5.72 Å². The van der Waals surface area contributed by atoms with E-state index in [1.54, 1.807) is 0 Å². The van der Waals surface area contributed by atoms with Gasteiger partial charge in [-0.25, -0.2) is 0 Å². The van der Waals surface area contributed by atoms with Gasteiger partial charge in [-0.3, -0.25) is 0 Å². The summed E-state index contributed by atoms with van der Waals surface area (Å²) in [7, 11) is 0. The molecular weight excluding hydrogens is 324 g/mol. The number of azo groups is 2. The SMILES string of the molecule is Cc1ccc([C@]23C=C4CCC[C@H]4N=[N+]2C(c2ccccc2)=C([O-])O3)cc1. The largest absolute Gasteiger partial charge is 0.542 e. The Kier molecular flexibility index (Phi) is 3.29. The van der Waals surface area contributed by atoms with Crippen molar-refractivity contribution in [1.82, 2.24) is 0 Å². The van der Waals surface area contributed by atoms with E-state index >= 15 is 0 Å². The summed E-state index contributed by atoms with van der Waals surface area (Å²) in [6, 6.07) is 18.0. The molecule has 0 saturated heterocycles. The zero-order valence-electron chi connectivity index (χ0n) is 14.7. The summed E-state index contributed by atoms with van der Waals surface area (Å²) in [6.45, 7) is 2.05. The normalized spacial score (nSPS) is 26.7. The Labute approximate surface area is 152 Å². The molecule has 3 aliphatic rings. The lowest BCUT2D eigenvalue weighted by atomic mass is 9.95. The smallest absolute Gasteiger partial charge is 0.302 e. The molecule has 2 atom stereocenters. The van der Waals surface area contributed by atoms with Gasteiger partial charge in [0.1, 0.15) is 12.0 Å². The van der Waals surface area contributed by atoms with Crippen molar-refractivity contribution < 1.29 is 14.5 Å². The summed E-state index contributed by atoms with van der Waals surface area (Å²) >= 11 is 0. The second-order valence-electron chi connectivity index (χ2n) is 7.22. The molecule has 0 spiro atoms. The van der Waals surface area contributed by atoms with Crippen LogP contribution in [0, 0.1) is 6.92 Å². The number of aryl methyl sites for hydroxylation is 1. The minimum Gasteiger partial charge on any atom is -0.542 e. The van der Waals surface area contributed by atoms with Crippen LogP contribution in [-0.2, 0) is 10.5 Å². The van der Waals surface area contributed by atoms with Crippen molar-refractivity contribution in [1.29, 1.82) is 0 Å². The lowest BCUT2D eigenvalue weighted by Crippen LogP contribution is -2.38. The number of benzene rings is 2. The molecule has 130 valence electrons. The average molecular weight is 344 g/mol. The maximum atomic E-state index is 12.9. The molecule has 2 aromatic carbocycles. The lowest BCUT2D eigenvalue weighted by molar-refractivity contribution is -0.627. The monoisotopic (exact) mass is 344 g/mol. The highest BCUT2D eigenvalue weighted by atomic mass is 16.6. The van der Waals surface area contributed by atoms with E-state index < -0.39 is 5.72 Å². The van der Waals surface area contributed by atoms with E-state index in [9.17, 15) is 5.11 Å². The van der Waals surface area contributed by atoms with E-state index in [1.165, 1.54) is 11.1 Å². The highest BCUT2D eigenvalue weighted by molar-refractivity contribution is 5.61. The molecule has 2 aromatic rings. The molecule has 4 nitrogen and oxygen atoms in total. The number of rotatable bonds is 2. The molecular formula is C22H20N2O2. The lowest BCUT2D eigenvalue weighted by Gasteiger charge is -2.30. The van der Waals surface area contributed by atoms with Crippen molar-refractivity contribution in [2.24, 2.45) is 5.11 Å². The first-order valence-electron chi connectivity index (χ1n) is 9.13. The van der Waals surface area contributed by atoms with Crippen molar-refractivity contribution in [3.63, 3.8) is 0 Å². The fraction of sp³-hybridized carbons (Fsp3) is 0.273. The highest BCUT2D eigenvalue weighted by Gasteiger charge is 2.53. The van der Waals surface area contributed by atoms with Crippen LogP contribution in [0.15, 0.2) is 77.3 Å². The average Bonchev–Trinajstić information content (AvgIpc) is 3.21. The van der Waals surface area contributed by atoms with E-state index in [0.29, 0.717) is 5.70 Å². The first-order chi connectivity index (χ1) is 12.7.